The van der Waals surface area contributed by atoms with E-state index in [9.17, 15) is 4.79 Å². The fraction of sp³-hybridized carbons (Fsp3) is 0.933. The average molecular weight is 287 g/mol. The van der Waals surface area contributed by atoms with E-state index < -0.39 is 8.07 Å². The van der Waals surface area contributed by atoms with E-state index in [1.807, 2.05) is 0 Å². The minimum atomic E-state index is -0.848. The van der Waals surface area contributed by atoms with E-state index >= 15 is 0 Å². The molecule has 3 nitrogen and oxygen atoms in total. The molecule has 0 saturated heterocycles. The zero-order valence-electron chi connectivity index (χ0n) is 13.6. The summed E-state index contributed by atoms with van der Waals surface area (Å²) in [4.78, 5) is 11.4. The van der Waals surface area contributed by atoms with Crippen molar-refractivity contribution in [2.75, 3.05) is 13.1 Å². The lowest BCUT2D eigenvalue weighted by Crippen LogP contribution is -2.36. The molecule has 0 radical (unpaired) electrons. The van der Waals surface area contributed by atoms with Crippen molar-refractivity contribution in [3.8, 4) is 0 Å². The molecule has 0 atom stereocenters. The van der Waals surface area contributed by atoms with Crippen LogP contribution in [0.4, 0.5) is 4.79 Å². The second-order valence-corrected chi connectivity index (χ2v) is 12.7. The molecule has 114 valence electrons. The van der Waals surface area contributed by atoms with Gasteiger partial charge in [-0.15, -0.1) is 0 Å². The van der Waals surface area contributed by atoms with Crippen LogP contribution >= 0.6 is 0 Å². The van der Waals surface area contributed by atoms with Gasteiger partial charge in [0, 0.05) is 21.2 Å². The van der Waals surface area contributed by atoms with Crippen LogP contribution in [0.3, 0.4) is 0 Å². The fourth-order valence-corrected chi connectivity index (χ4v) is 3.18. The molecule has 0 unspecified atom stereocenters. The van der Waals surface area contributed by atoms with Crippen molar-refractivity contribution in [3.05, 3.63) is 0 Å². The molecule has 0 saturated carbocycles. The summed E-state index contributed by atoms with van der Waals surface area (Å²) in [5.41, 5.74) is 0. The van der Waals surface area contributed by atoms with Gasteiger partial charge in [0.1, 0.15) is 0 Å². The second kappa shape index (κ2) is 10.3. The molecular weight excluding hydrogens is 252 g/mol. The Balaban J connectivity index is 3.28. The molecule has 0 aliphatic heterocycles. The summed E-state index contributed by atoms with van der Waals surface area (Å²) < 4.78 is 0. The summed E-state index contributed by atoms with van der Waals surface area (Å²) >= 11 is 0. The number of carbonyl (C=O) groups excluding carboxylic acids is 1. The Hall–Kier alpha value is -0.513. The third-order valence-corrected chi connectivity index (χ3v) is 5.00. The minimum absolute atomic E-state index is 0.0113. The van der Waals surface area contributed by atoms with E-state index in [1.54, 1.807) is 0 Å². The number of carbonyl (C=O) groups is 1. The first-order valence-corrected chi connectivity index (χ1v) is 11.5. The molecule has 0 fully saturated rings. The number of rotatable bonds is 10. The molecule has 0 heterocycles. The summed E-state index contributed by atoms with van der Waals surface area (Å²) in [5.74, 6) is 0.645. The number of hydrogen-bond donors (Lipinski definition) is 2. The van der Waals surface area contributed by atoms with Crippen LogP contribution in [0.15, 0.2) is 0 Å². The Morgan fingerprint density at radius 1 is 0.947 bits per heavy atom. The van der Waals surface area contributed by atoms with Crippen molar-refractivity contribution in [1.29, 1.82) is 0 Å². The molecule has 0 aromatic heterocycles. The first-order valence-electron chi connectivity index (χ1n) is 7.83. The zero-order chi connectivity index (χ0) is 14.7. The highest BCUT2D eigenvalue weighted by molar-refractivity contribution is 6.76. The summed E-state index contributed by atoms with van der Waals surface area (Å²) in [5, 5.41) is 5.81. The molecule has 4 heteroatoms. The SMILES string of the molecule is CC(C)CCNC(=O)NCCCCCC[Si](C)(C)C. The van der Waals surface area contributed by atoms with E-state index in [1.165, 1.54) is 25.3 Å². The van der Waals surface area contributed by atoms with Crippen LogP contribution in [0.25, 0.3) is 0 Å². The largest absolute Gasteiger partial charge is 0.338 e. The maximum Gasteiger partial charge on any atom is 0.314 e. The highest BCUT2D eigenvalue weighted by Crippen LogP contribution is 2.14. The van der Waals surface area contributed by atoms with Crippen LogP contribution in [0, 0.1) is 5.92 Å². The quantitative estimate of drug-likeness (QED) is 0.458. The standard InChI is InChI=1S/C15H34N2OSi/c1-14(2)10-12-17-15(18)16-11-8-6-7-9-13-19(3,4)5/h14H,6-13H2,1-5H3,(H2,16,17,18). The summed E-state index contributed by atoms with van der Waals surface area (Å²) in [6.45, 7) is 13.2. The predicted molar refractivity (Wildman–Crippen MR) is 87.5 cm³/mol. The maximum absolute atomic E-state index is 11.4. The number of nitrogens with one attached hydrogen (secondary N) is 2. The lowest BCUT2D eigenvalue weighted by molar-refractivity contribution is 0.240. The third-order valence-electron chi connectivity index (χ3n) is 3.15. The van der Waals surface area contributed by atoms with E-state index in [4.69, 9.17) is 0 Å². The van der Waals surface area contributed by atoms with Crippen molar-refractivity contribution in [2.45, 2.75) is 71.6 Å². The Kier molecular flexibility index (Phi) is 10.0. The van der Waals surface area contributed by atoms with Crippen molar-refractivity contribution in [2.24, 2.45) is 5.92 Å². The van der Waals surface area contributed by atoms with Crippen molar-refractivity contribution in [1.82, 2.24) is 10.6 Å². The predicted octanol–water partition coefficient (Wildman–Crippen LogP) is 4.23. The van der Waals surface area contributed by atoms with Crippen LogP contribution in [-0.2, 0) is 0 Å². The van der Waals surface area contributed by atoms with E-state index in [-0.39, 0.29) is 6.03 Å². The van der Waals surface area contributed by atoms with Gasteiger partial charge in [-0.25, -0.2) is 4.79 Å². The van der Waals surface area contributed by atoms with Gasteiger partial charge in [0.2, 0.25) is 0 Å². The Labute approximate surface area is 120 Å². The lowest BCUT2D eigenvalue weighted by Gasteiger charge is -2.14. The van der Waals surface area contributed by atoms with E-state index in [0.29, 0.717) is 5.92 Å². The number of amides is 2. The fourth-order valence-electron chi connectivity index (χ4n) is 1.87. The second-order valence-electron chi connectivity index (χ2n) is 7.09. The van der Waals surface area contributed by atoms with Gasteiger partial charge in [0.25, 0.3) is 0 Å². The van der Waals surface area contributed by atoms with Crippen LogP contribution in [-0.4, -0.2) is 27.2 Å². The summed E-state index contributed by atoms with van der Waals surface area (Å²) in [7, 11) is -0.848. The van der Waals surface area contributed by atoms with Crippen LogP contribution in [0.2, 0.25) is 25.7 Å². The van der Waals surface area contributed by atoms with Gasteiger partial charge in [-0.1, -0.05) is 58.8 Å². The molecule has 0 rings (SSSR count). The molecule has 0 aromatic carbocycles. The van der Waals surface area contributed by atoms with Gasteiger partial charge in [0.05, 0.1) is 0 Å². The Morgan fingerprint density at radius 3 is 2.11 bits per heavy atom. The molecule has 2 N–H and O–H groups in total. The van der Waals surface area contributed by atoms with Crippen molar-refractivity contribution >= 4 is 14.1 Å². The smallest absolute Gasteiger partial charge is 0.314 e. The Bertz CT molecular complexity index is 237. The first kappa shape index (κ1) is 18.5. The van der Waals surface area contributed by atoms with Gasteiger partial charge in [-0.05, 0) is 18.8 Å². The van der Waals surface area contributed by atoms with Gasteiger partial charge in [0.15, 0.2) is 0 Å². The highest BCUT2D eigenvalue weighted by Gasteiger charge is 2.11. The number of hydrogen-bond acceptors (Lipinski definition) is 1. The minimum Gasteiger partial charge on any atom is -0.338 e. The molecule has 0 aliphatic carbocycles. The molecule has 0 bridgehead atoms. The highest BCUT2D eigenvalue weighted by atomic mass is 28.3. The average Bonchev–Trinajstić information content (AvgIpc) is 2.25. The maximum atomic E-state index is 11.4. The molecule has 0 spiro atoms. The summed E-state index contributed by atoms with van der Waals surface area (Å²) in [6, 6.07) is 1.42. The van der Waals surface area contributed by atoms with Crippen LogP contribution < -0.4 is 10.6 Å². The van der Waals surface area contributed by atoms with E-state index in [2.05, 4.69) is 44.1 Å². The van der Waals surface area contributed by atoms with Gasteiger partial charge in [-0.2, -0.15) is 0 Å². The molecule has 2 amide bonds. The third kappa shape index (κ3) is 15.4. The zero-order valence-corrected chi connectivity index (χ0v) is 14.6. The lowest BCUT2D eigenvalue weighted by atomic mass is 10.1. The molecule has 0 aliphatic rings. The van der Waals surface area contributed by atoms with Crippen LogP contribution in [0.5, 0.6) is 0 Å². The Morgan fingerprint density at radius 2 is 1.53 bits per heavy atom. The van der Waals surface area contributed by atoms with Crippen LogP contribution in [0.1, 0.15) is 46.0 Å². The van der Waals surface area contributed by atoms with Crippen molar-refractivity contribution < 1.29 is 4.79 Å². The topological polar surface area (TPSA) is 41.1 Å². The van der Waals surface area contributed by atoms with E-state index in [0.717, 1.165) is 25.9 Å². The number of unbranched alkanes of at least 4 members (excludes halogenated alkanes) is 3. The van der Waals surface area contributed by atoms with Crippen molar-refractivity contribution in [3.63, 3.8) is 0 Å². The monoisotopic (exact) mass is 286 g/mol. The normalized spacial score (nSPS) is 11.7. The summed E-state index contributed by atoms with van der Waals surface area (Å²) in [6.07, 6.45) is 6.04. The van der Waals surface area contributed by atoms with Gasteiger partial charge < -0.3 is 10.6 Å². The number of urea groups is 1. The van der Waals surface area contributed by atoms with Gasteiger partial charge in [-0.3, -0.25) is 0 Å². The first-order chi connectivity index (χ1) is 8.81. The molecule has 0 aromatic rings. The molecular formula is C15H34N2OSi. The molecule has 19 heavy (non-hydrogen) atoms. The van der Waals surface area contributed by atoms with Gasteiger partial charge >= 0.3 is 6.03 Å².